The maximum Gasteiger partial charge on any atom is 0.147 e. The fourth-order valence-electron chi connectivity index (χ4n) is 4.69. The Morgan fingerprint density at radius 3 is 2.39 bits per heavy atom. The molecule has 0 aliphatic heterocycles. The maximum atomic E-state index is 11.1. The van der Waals surface area contributed by atoms with Crippen molar-refractivity contribution in [2.45, 2.75) is 50.8 Å². The van der Waals surface area contributed by atoms with Gasteiger partial charge in [0.2, 0.25) is 0 Å². The molecular formula is C24H31ClN2O. The van der Waals surface area contributed by atoms with E-state index in [0.29, 0.717) is 5.92 Å². The van der Waals surface area contributed by atoms with Crippen LogP contribution in [0.5, 0.6) is 0 Å². The van der Waals surface area contributed by atoms with Crippen LogP contribution in [0.2, 0.25) is 0 Å². The van der Waals surface area contributed by atoms with Gasteiger partial charge in [-0.05, 0) is 48.8 Å². The Morgan fingerprint density at radius 1 is 1.00 bits per heavy atom. The molecule has 4 heteroatoms. The highest BCUT2D eigenvalue weighted by Crippen LogP contribution is 2.33. The summed E-state index contributed by atoms with van der Waals surface area (Å²) < 4.78 is 2.23. The predicted octanol–water partition coefficient (Wildman–Crippen LogP) is 5.31. The van der Waals surface area contributed by atoms with Crippen LogP contribution >= 0.6 is 12.4 Å². The van der Waals surface area contributed by atoms with E-state index in [1.165, 1.54) is 37.5 Å². The lowest BCUT2D eigenvalue weighted by Gasteiger charge is -2.41. The summed E-state index contributed by atoms with van der Waals surface area (Å²) in [6.45, 7) is 2.82. The molecule has 150 valence electrons. The number of halogens is 1. The molecule has 0 radical (unpaired) electrons. The van der Waals surface area contributed by atoms with Crippen LogP contribution in [0, 0.1) is 5.92 Å². The number of rotatable bonds is 6. The van der Waals surface area contributed by atoms with Crippen molar-refractivity contribution in [1.82, 2.24) is 9.88 Å². The van der Waals surface area contributed by atoms with Crippen molar-refractivity contribution in [1.29, 1.82) is 0 Å². The Balaban J connectivity index is 0.00000225. The second-order valence-corrected chi connectivity index (χ2v) is 7.94. The topological polar surface area (TPSA) is 37.2 Å². The molecule has 2 aromatic carbocycles. The third-order valence-electron chi connectivity index (χ3n) is 6.18. The van der Waals surface area contributed by atoms with E-state index in [2.05, 4.69) is 70.7 Å². The van der Waals surface area contributed by atoms with Crippen LogP contribution in [0.25, 0.3) is 10.9 Å². The molecule has 1 aliphatic rings. The van der Waals surface area contributed by atoms with Gasteiger partial charge >= 0.3 is 0 Å². The number of aliphatic hydroxyl groups is 1. The van der Waals surface area contributed by atoms with Gasteiger partial charge in [-0.1, -0.05) is 67.8 Å². The van der Waals surface area contributed by atoms with Crippen LogP contribution < -0.4 is 5.32 Å². The van der Waals surface area contributed by atoms with Gasteiger partial charge in [0, 0.05) is 18.3 Å². The van der Waals surface area contributed by atoms with Gasteiger partial charge in [-0.3, -0.25) is 5.32 Å². The van der Waals surface area contributed by atoms with Crippen molar-refractivity contribution in [3.8, 4) is 0 Å². The van der Waals surface area contributed by atoms with E-state index >= 15 is 0 Å². The molecule has 0 amide bonds. The van der Waals surface area contributed by atoms with Gasteiger partial charge in [0.15, 0.2) is 0 Å². The van der Waals surface area contributed by atoms with Crippen LogP contribution in [-0.4, -0.2) is 22.3 Å². The third-order valence-corrected chi connectivity index (χ3v) is 6.18. The standard InChI is InChI=1S/C24H30N2O.ClH/c1-19(27)24(22-13-6-3-7-14-22,25-18-20-10-4-2-5-11-20)26-17-16-21-12-8-9-15-23(21)26;/h3,6-9,12-17,19-20,25,27H,2,4-5,10-11,18H2,1H3;1H. The highest BCUT2D eigenvalue weighted by molar-refractivity contribution is 5.85. The van der Waals surface area contributed by atoms with Crippen LogP contribution in [0.4, 0.5) is 0 Å². The minimum atomic E-state index is -0.679. The lowest BCUT2D eigenvalue weighted by molar-refractivity contribution is 0.0487. The number of hydrogen-bond donors (Lipinski definition) is 2. The summed E-state index contributed by atoms with van der Waals surface area (Å²) in [6, 6.07) is 20.9. The second-order valence-electron chi connectivity index (χ2n) is 7.94. The summed E-state index contributed by atoms with van der Waals surface area (Å²) in [5, 5.41) is 16.1. The lowest BCUT2D eigenvalue weighted by Crippen LogP contribution is -2.57. The van der Waals surface area contributed by atoms with Gasteiger partial charge in [0.25, 0.3) is 0 Å². The number of nitrogens with zero attached hydrogens (tertiary/aromatic N) is 1. The van der Waals surface area contributed by atoms with Gasteiger partial charge in [-0.25, -0.2) is 0 Å². The normalized spacial score (nSPS) is 18.4. The Morgan fingerprint density at radius 2 is 1.68 bits per heavy atom. The predicted molar refractivity (Wildman–Crippen MR) is 119 cm³/mol. The first kappa shape index (κ1) is 20.9. The van der Waals surface area contributed by atoms with E-state index in [9.17, 15) is 5.11 Å². The Labute approximate surface area is 174 Å². The SMILES string of the molecule is CC(O)C(NCC1CCCCC1)(c1ccccc1)n1ccc2ccccc21.Cl. The average molecular weight is 399 g/mol. The van der Waals surface area contributed by atoms with Crippen molar-refractivity contribution >= 4 is 23.3 Å². The quantitative estimate of drug-likeness (QED) is 0.590. The zero-order chi connectivity index (χ0) is 18.7. The van der Waals surface area contributed by atoms with Crippen molar-refractivity contribution < 1.29 is 5.11 Å². The van der Waals surface area contributed by atoms with E-state index in [0.717, 1.165) is 17.6 Å². The summed E-state index contributed by atoms with van der Waals surface area (Å²) in [4.78, 5) is 0. The first-order valence-corrected chi connectivity index (χ1v) is 10.3. The van der Waals surface area contributed by atoms with E-state index in [1.54, 1.807) is 0 Å². The molecule has 1 fully saturated rings. The molecular weight excluding hydrogens is 368 g/mol. The molecule has 1 aliphatic carbocycles. The number of nitrogens with one attached hydrogen (secondary N) is 1. The zero-order valence-corrected chi connectivity index (χ0v) is 17.4. The van der Waals surface area contributed by atoms with E-state index in [1.807, 2.05) is 13.0 Å². The number of aromatic nitrogens is 1. The molecule has 2 unspecified atom stereocenters. The smallest absolute Gasteiger partial charge is 0.147 e. The van der Waals surface area contributed by atoms with Crippen molar-refractivity contribution in [2.75, 3.05) is 6.54 Å². The first-order valence-electron chi connectivity index (χ1n) is 10.3. The molecule has 1 aromatic heterocycles. The molecule has 3 aromatic rings. The molecule has 1 heterocycles. The number of benzene rings is 2. The summed E-state index contributed by atoms with van der Waals surface area (Å²) >= 11 is 0. The van der Waals surface area contributed by atoms with Crippen LogP contribution in [0.3, 0.4) is 0 Å². The van der Waals surface area contributed by atoms with Gasteiger partial charge in [0.05, 0.1) is 6.10 Å². The Bertz CT molecular complexity index is 870. The second kappa shape index (κ2) is 9.13. The summed E-state index contributed by atoms with van der Waals surface area (Å²) in [7, 11) is 0. The molecule has 2 atom stereocenters. The largest absolute Gasteiger partial charge is 0.389 e. The number of hydrogen-bond acceptors (Lipinski definition) is 2. The highest BCUT2D eigenvalue weighted by atomic mass is 35.5. The van der Waals surface area contributed by atoms with Crippen molar-refractivity contribution in [3.63, 3.8) is 0 Å². The van der Waals surface area contributed by atoms with Gasteiger partial charge in [-0.2, -0.15) is 0 Å². The van der Waals surface area contributed by atoms with Crippen LogP contribution in [-0.2, 0) is 5.66 Å². The molecule has 28 heavy (non-hydrogen) atoms. The number of fused-ring (bicyclic) bond motifs is 1. The number of aliphatic hydroxyl groups excluding tert-OH is 1. The Kier molecular flexibility index (Phi) is 6.82. The summed E-state index contributed by atoms with van der Waals surface area (Å²) in [5.74, 6) is 0.683. The third kappa shape index (κ3) is 3.84. The van der Waals surface area contributed by atoms with Gasteiger partial charge in [0.1, 0.15) is 5.66 Å². The van der Waals surface area contributed by atoms with E-state index < -0.39 is 11.8 Å². The fraction of sp³-hybridized carbons (Fsp3) is 0.417. The molecule has 4 rings (SSSR count). The lowest BCUT2D eigenvalue weighted by atomic mass is 9.87. The molecule has 1 saturated carbocycles. The molecule has 3 nitrogen and oxygen atoms in total. The fourth-order valence-corrected chi connectivity index (χ4v) is 4.69. The van der Waals surface area contributed by atoms with E-state index in [4.69, 9.17) is 0 Å². The molecule has 0 bridgehead atoms. The highest BCUT2D eigenvalue weighted by Gasteiger charge is 2.40. The summed E-state index contributed by atoms with van der Waals surface area (Å²) in [6.07, 6.45) is 8.10. The van der Waals surface area contributed by atoms with Gasteiger partial charge in [-0.15, -0.1) is 12.4 Å². The van der Waals surface area contributed by atoms with Crippen LogP contribution in [0.1, 0.15) is 44.6 Å². The van der Waals surface area contributed by atoms with Crippen molar-refractivity contribution in [2.24, 2.45) is 5.92 Å². The first-order chi connectivity index (χ1) is 13.2. The van der Waals surface area contributed by atoms with Crippen LogP contribution in [0.15, 0.2) is 66.9 Å². The zero-order valence-electron chi connectivity index (χ0n) is 16.6. The molecule has 0 spiro atoms. The van der Waals surface area contributed by atoms with Crippen molar-refractivity contribution in [3.05, 3.63) is 72.4 Å². The Hall–Kier alpha value is -1.81. The molecule has 2 N–H and O–H groups in total. The number of para-hydroxylation sites is 1. The minimum Gasteiger partial charge on any atom is -0.389 e. The summed E-state index contributed by atoms with van der Waals surface area (Å²) in [5.41, 5.74) is 1.55. The minimum absolute atomic E-state index is 0. The van der Waals surface area contributed by atoms with E-state index in [-0.39, 0.29) is 12.4 Å². The average Bonchev–Trinajstić information content (AvgIpc) is 3.15. The van der Waals surface area contributed by atoms with Gasteiger partial charge < -0.3 is 9.67 Å². The maximum absolute atomic E-state index is 11.1. The molecule has 0 saturated heterocycles. The monoisotopic (exact) mass is 398 g/mol.